The minimum Gasteiger partial charge on any atom is -0.329 e. The number of aryl methyl sites for hydroxylation is 1. The zero-order valence-corrected chi connectivity index (χ0v) is 14.0. The Hall–Kier alpha value is -0.920. The van der Waals surface area contributed by atoms with Crippen molar-refractivity contribution in [1.82, 2.24) is 14.1 Å². The molecule has 0 saturated heterocycles. The third kappa shape index (κ3) is 3.14. The van der Waals surface area contributed by atoms with Crippen LogP contribution < -0.4 is 5.73 Å². The molecule has 0 amide bonds. The van der Waals surface area contributed by atoms with E-state index in [2.05, 4.69) is 5.10 Å². The van der Waals surface area contributed by atoms with Crippen LogP contribution in [0.2, 0.25) is 0 Å². The van der Waals surface area contributed by atoms with Gasteiger partial charge in [0.25, 0.3) is 0 Å². The van der Waals surface area contributed by atoms with Crippen LogP contribution in [-0.2, 0) is 16.6 Å². The van der Waals surface area contributed by atoms with Gasteiger partial charge in [-0.2, -0.15) is 9.40 Å². The van der Waals surface area contributed by atoms with E-state index in [1.165, 1.54) is 6.42 Å². The molecule has 1 aliphatic rings. The minimum atomic E-state index is -3.47. The van der Waals surface area contributed by atoms with Crippen LogP contribution in [0.4, 0.5) is 0 Å². The van der Waals surface area contributed by atoms with Crippen LogP contribution in [0.1, 0.15) is 37.6 Å². The normalized spacial score (nSPS) is 16.4. The highest BCUT2D eigenvalue weighted by molar-refractivity contribution is 7.89. The molecule has 2 N–H and O–H groups in total. The van der Waals surface area contributed by atoms with E-state index in [0.717, 1.165) is 12.8 Å². The molecule has 0 atom stereocenters. The largest absolute Gasteiger partial charge is 0.329 e. The van der Waals surface area contributed by atoms with Crippen LogP contribution in [0.25, 0.3) is 0 Å². The molecule has 0 unspecified atom stereocenters. The van der Waals surface area contributed by atoms with Crippen molar-refractivity contribution in [2.24, 2.45) is 11.7 Å². The molecule has 0 radical (unpaired) electrons. The molecule has 7 heteroatoms. The Kier molecular flexibility index (Phi) is 5.06. The SMILES string of the molecule is CCN(CC1CCC1)S(=O)(=O)c1c(C)nn(CCN)c1C. The first kappa shape index (κ1) is 16.5. The molecule has 6 nitrogen and oxygen atoms in total. The molecular weight excluding hydrogens is 288 g/mol. The van der Waals surface area contributed by atoms with Crippen LogP contribution >= 0.6 is 0 Å². The summed E-state index contributed by atoms with van der Waals surface area (Å²) in [5.74, 6) is 0.513. The van der Waals surface area contributed by atoms with E-state index >= 15 is 0 Å². The molecule has 2 rings (SSSR count). The molecule has 120 valence electrons. The van der Waals surface area contributed by atoms with Crippen molar-refractivity contribution in [3.8, 4) is 0 Å². The first-order valence-electron chi connectivity index (χ1n) is 7.66. The van der Waals surface area contributed by atoms with Crippen molar-refractivity contribution in [3.05, 3.63) is 11.4 Å². The molecule has 21 heavy (non-hydrogen) atoms. The second kappa shape index (κ2) is 6.46. The quantitative estimate of drug-likeness (QED) is 0.822. The van der Waals surface area contributed by atoms with Gasteiger partial charge in [-0.3, -0.25) is 4.68 Å². The molecule has 1 saturated carbocycles. The molecule has 1 aliphatic carbocycles. The van der Waals surface area contributed by atoms with Crippen molar-refractivity contribution in [2.45, 2.75) is 51.5 Å². The van der Waals surface area contributed by atoms with Gasteiger partial charge in [0.15, 0.2) is 0 Å². The van der Waals surface area contributed by atoms with Crippen LogP contribution in [0.3, 0.4) is 0 Å². The smallest absolute Gasteiger partial charge is 0.246 e. The lowest BCUT2D eigenvalue weighted by Gasteiger charge is -2.31. The van der Waals surface area contributed by atoms with Crippen LogP contribution in [0.15, 0.2) is 4.90 Å². The van der Waals surface area contributed by atoms with Gasteiger partial charge in [0.05, 0.1) is 17.9 Å². The van der Waals surface area contributed by atoms with Gasteiger partial charge < -0.3 is 5.73 Å². The Morgan fingerprint density at radius 1 is 1.38 bits per heavy atom. The molecule has 0 aromatic carbocycles. The maximum Gasteiger partial charge on any atom is 0.246 e. The van der Waals surface area contributed by atoms with Crippen LogP contribution in [-0.4, -0.2) is 42.1 Å². The molecule has 1 fully saturated rings. The third-order valence-corrected chi connectivity index (χ3v) is 6.49. The van der Waals surface area contributed by atoms with Gasteiger partial charge in [0.1, 0.15) is 4.90 Å². The Morgan fingerprint density at radius 2 is 2.05 bits per heavy atom. The summed E-state index contributed by atoms with van der Waals surface area (Å²) in [6.07, 6.45) is 3.49. The van der Waals surface area contributed by atoms with Gasteiger partial charge in [0, 0.05) is 19.6 Å². The Balaban J connectivity index is 2.32. The van der Waals surface area contributed by atoms with E-state index in [1.54, 1.807) is 22.8 Å². The Labute approximate surface area is 127 Å². The van der Waals surface area contributed by atoms with E-state index in [9.17, 15) is 8.42 Å². The summed E-state index contributed by atoms with van der Waals surface area (Å²) in [5.41, 5.74) is 6.80. The highest BCUT2D eigenvalue weighted by Gasteiger charge is 2.32. The van der Waals surface area contributed by atoms with E-state index in [0.29, 0.717) is 48.4 Å². The fourth-order valence-electron chi connectivity index (χ4n) is 2.88. The summed E-state index contributed by atoms with van der Waals surface area (Å²) in [6.45, 7) is 7.56. The summed E-state index contributed by atoms with van der Waals surface area (Å²) in [5, 5.41) is 4.33. The van der Waals surface area contributed by atoms with Gasteiger partial charge in [-0.15, -0.1) is 0 Å². The summed E-state index contributed by atoms with van der Waals surface area (Å²) < 4.78 is 29.2. The van der Waals surface area contributed by atoms with Crippen LogP contribution in [0.5, 0.6) is 0 Å². The van der Waals surface area contributed by atoms with Crippen molar-refractivity contribution >= 4 is 10.0 Å². The average molecular weight is 314 g/mol. The number of aromatic nitrogens is 2. The zero-order chi connectivity index (χ0) is 15.6. The maximum absolute atomic E-state index is 12.9. The van der Waals surface area contributed by atoms with Gasteiger partial charge in [-0.1, -0.05) is 13.3 Å². The molecule has 0 spiro atoms. The monoisotopic (exact) mass is 314 g/mol. The molecule has 0 aliphatic heterocycles. The van der Waals surface area contributed by atoms with E-state index in [-0.39, 0.29) is 0 Å². The number of sulfonamides is 1. The van der Waals surface area contributed by atoms with Gasteiger partial charge in [0.2, 0.25) is 10.0 Å². The number of nitrogens with two attached hydrogens (primary N) is 1. The zero-order valence-electron chi connectivity index (χ0n) is 13.2. The maximum atomic E-state index is 12.9. The fourth-order valence-corrected chi connectivity index (χ4v) is 4.78. The number of hydrogen-bond donors (Lipinski definition) is 1. The lowest BCUT2D eigenvalue weighted by atomic mass is 9.85. The molecular formula is C14H26N4O2S. The lowest BCUT2D eigenvalue weighted by Crippen LogP contribution is -2.37. The van der Waals surface area contributed by atoms with Gasteiger partial charge >= 0.3 is 0 Å². The standard InChI is InChI=1S/C14H26N4O2S/c1-4-17(10-13-6-5-7-13)21(19,20)14-11(2)16-18(9-8-15)12(14)3/h13H,4-10,15H2,1-3H3. The van der Waals surface area contributed by atoms with Crippen molar-refractivity contribution in [2.75, 3.05) is 19.6 Å². The second-order valence-corrected chi connectivity index (χ2v) is 7.64. The second-order valence-electron chi connectivity index (χ2n) is 5.76. The van der Waals surface area contributed by atoms with Crippen molar-refractivity contribution in [3.63, 3.8) is 0 Å². The lowest BCUT2D eigenvalue weighted by molar-refractivity contribution is 0.250. The van der Waals surface area contributed by atoms with Crippen molar-refractivity contribution < 1.29 is 8.42 Å². The minimum absolute atomic E-state index is 0.358. The summed E-state index contributed by atoms with van der Waals surface area (Å²) in [6, 6.07) is 0. The third-order valence-electron chi connectivity index (χ3n) is 4.29. The fraction of sp³-hybridized carbons (Fsp3) is 0.786. The number of nitrogens with zero attached hydrogens (tertiary/aromatic N) is 3. The predicted molar refractivity (Wildman–Crippen MR) is 82.5 cm³/mol. The number of rotatable bonds is 7. The average Bonchev–Trinajstić information content (AvgIpc) is 2.63. The highest BCUT2D eigenvalue weighted by atomic mass is 32.2. The van der Waals surface area contributed by atoms with E-state index < -0.39 is 10.0 Å². The molecule has 1 aromatic rings. The molecule has 0 bridgehead atoms. The van der Waals surface area contributed by atoms with Crippen molar-refractivity contribution in [1.29, 1.82) is 0 Å². The molecule has 1 heterocycles. The van der Waals surface area contributed by atoms with Gasteiger partial charge in [-0.05, 0) is 32.6 Å². The summed E-state index contributed by atoms with van der Waals surface area (Å²) in [4.78, 5) is 0.358. The van der Waals surface area contributed by atoms with Crippen LogP contribution in [0, 0.1) is 19.8 Å². The van der Waals surface area contributed by atoms with E-state index in [4.69, 9.17) is 5.73 Å². The molecule has 1 aromatic heterocycles. The first-order valence-corrected chi connectivity index (χ1v) is 9.10. The first-order chi connectivity index (χ1) is 9.91. The van der Waals surface area contributed by atoms with Gasteiger partial charge in [-0.25, -0.2) is 8.42 Å². The summed E-state index contributed by atoms with van der Waals surface area (Å²) in [7, 11) is -3.47. The highest BCUT2D eigenvalue weighted by Crippen LogP contribution is 2.30. The topological polar surface area (TPSA) is 81.2 Å². The Morgan fingerprint density at radius 3 is 2.52 bits per heavy atom. The number of hydrogen-bond acceptors (Lipinski definition) is 4. The predicted octanol–water partition coefficient (Wildman–Crippen LogP) is 1.27. The Bertz CT molecular complexity index is 590. The summed E-state index contributed by atoms with van der Waals surface area (Å²) >= 11 is 0. The van der Waals surface area contributed by atoms with E-state index in [1.807, 2.05) is 6.92 Å².